The van der Waals surface area contributed by atoms with E-state index in [9.17, 15) is 14.4 Å². The molecule has 2 N–H and O–H groups in total. The lowest BCUT2D eigenvalue weighted by Crippen LogP contribution is -2.39. The molecule has 0 aliphatic heterocycles. The summed E-state index contributed by atoms with van der Waals surface area (Å²) in [5.74, 6) is -1.01. The monoisotopic (exact) mass is 272 g/mol. The summed E-state index contributed by atoms with van der Waals surface area (Å²) < 4.78 is 5.07. The van der Waals surface area contributed by atoms with Gasteiger partial charge in [-0.15, -0.1) is 0 Å². The molecule has 2 amide bonds. The second-order valence-electron chi connectivity index (χ2n) is 5.59. The average molecular weight is 272 g/mol. The summed E-state index contributed by atoms with van der Waals surface area (Å²) in [6.45, 7) is 8.89. The number of hydrogen-bond acceptors (Lipinski definition) is 4. The van der Waals surface area contributed by atoms with E-state index in [0.29, 0.717) is 0 Å². The Labute approximate surface area is 114 Å². The molecule has 0 radical (unpaired) electrons. The Bertz CT molecular complexity index is 332. The second kappa shape index (κ2) is 7.76. The summed E-state index contributed by atoms with van der Waals surface area (Å²) in [6, 6.07) is 0.0335. The van der Waals surface area contributed by atoms with Crippen molar-refractivity contribution in [1.29, 1.82) is 0 Å². The van der Waals surface area contributed by atoms with Crippen LogP contribution in [0.3, 0.4) is 0 Å². The van der Waals surface area contributed by atoms with Gasteiger partial charge in [-0.05, 0) is 34.6 Å². The first-order valence-electron chi connectivity index (χ1n) is 6.38. The van der Waals surface area contributed by atoms with Crippen LogP contribution in [0.1, 0.15) is 47.5 Å². The number of carbonyl (C=O) groups excluding carboxylic acids is 3. The molecule has 0 spiro atoms. The van der Waals surface area contributed by atoms with Crippen molar-refractivity contribution >= 4 is 17.8 Å². The molecule has 0 unspecified atom stereocenters. The number of carbonyl (C=O) groups is 3. The lowest BCUT2D eigenvalue weighted by Gasteiger charge is -2.19. The third kappa shape index (κ3) is 11.2. The maximum Gasteiger partial charge on any atom is 0.306 e. The van der Waals surface area contributed by atoms with Crippen LogP contribution in [0.2, 0.25) is 0 Å². The predicted octanol–water partition coefficient (Wildman–Crippen LogP) is 0.749. The Kier molecular flexibility index (Phi) is 7.11. The van der Waals surface area contributed by atoms with Gasteiger partial charge in [-0.25, -0.2) is 0 Å². The van der Waals surface area contributed by atoms with Crippen molar-refractivity contribution in [3.05, 3.63) is 0 Å². The highest BCUT2D eigenvalue weighted by Gasteiger charge is 2.17. The van der Waals surface area contributed by atoms with Crippen LogP contribution in [-0.4, -0.2) is 36.0 Å². The second-order valence-corrected chi connectivity index (χ2v) is 5.59. The van der Waals surface area contributed by atoms with Gasteiger partial charge in [-0.1, -0.05) is 0 Å². The SMILES string of the molecule is CC(C)NC(=O)CNC(=O)CCC(=O)OC(C)(C)C. The number of nitrogens with one attached hydrogen (secondary N) is 2. The van der Waals surface area contributed by atoms with Crippen molar-refractivity contribution < 1.29 is 19.1 Å². The van der Waals surface area contributed by atoms with Crippen LogP contribution in [0.5, 0.6) is 0 Å². The fraction of sp³-hybridized carbons (Fsp3) is 0.769. The molecule has 0 fully saturated rings. The zero-order chi connectivity index (χ0) is 15.1. The van der Waals surface area contributed by atoms with E-state index in [-0.39, 0.29) is 37.2 Å². The molecule has 0 heterocycles. The molecule has 110 valence electrons. The summed E-state index contributed by atoms with van der Waals surface area (Å²) in [6.07, 6.45) is 0.0266. The number of ether oxygens (including phenoxy) is 1. The molecule has 0 aliphatic rings. The highest BCUT2D eigenvalue weighted by Crippen LogP contribution is 2.08. The molecule has 0 rings (SSSR count). The van der Waals surface area contributed by atoms with E-state index in [1.165, 1.54) is 0 Å². The maximum atomic E-state index is 11.4. The van der Waals surface area contributed by atoms with Gasteiger partial charge in [0.05, 0.1) is 13.0 Å². The molecule has 0 aromatic heterocycles. The van der Waals surface area contributed by atoms with Crippen molar-refractivity contribution in [3.8, 4) is 0 Å². The van der Waals surface area contributed by atoms with Gasteiger partial charge in [0.25, 0.3) is 0 Å². The van der Waals surface area contributed by atoms with Crippen LogP contribution in [0.15, 0.2) is 0 Å². The Morgan fingerprint density at radius 3 is 2.11 bits per heavy atom. The van der Waals surface area contributed by atoms with Crippen LogP contribution in [0.25, 0.3) is 0 Å². The van der Waals surface area contributed by atoms with Crippen LogP contribution >= 0.6 is 0 Å². The minimum Gasteiger partial charge on any atom is -0.460 e. The van der Waals surface area contributed by atoms with Gasteiger partial charge in [-0.3, -0.25) is 14.4 Å². The highest BCUT2D eigenvalue weighted by atomic mass is 16.6. The quantitative estimate of drug-likeness (QED) is 0.699. The van der Waals surface area contributed by atoms with Gasteiger partial charge in [0, 0.05) is 12.5 Å². The number of amides is 2. The minimum atomic E-state index is -0.551. The van der Waals surface area contributed by atoms with Gasteiger partial charge >= 0.3 is 5.97 Å². The van der Waals surface area contributed by atoms with Crippen molar-refractivity contribution in [2.75, 3.05) is 6.54 Å². The molecular weight excluding hydrogens is 248 g/mol. The van der Waals surface area contributed by atoms with E-state index in [1.807, 2.05) is 13.8 Å². The normalized spacial score (nSPS) is 11.1. The molecular formula is C13H24N2O4. The number of rotatable bonds is 6. The Hall–Kier alpha value is -1.59. The Morgan fingerprint density at radius 1 is 1.05 bits per heavy atom. The molecule has 0 saturated carbocycles. The lowest BCUT2D eigenvalue weighted by atomic mass is 10.2. The van der Waals surface area contributed by atoms with E-state index in [2.05, 4.69) is 10.6 Å². The first-order valence-corrected chi connectivity index (χ1v) is 6.38. The number of esters is 1. The Balaban J connectivity index is 3.82. The molecule has 0 aromatic carbocycles. The molecule has 6 heteroatoms. The minimum absolute atomic E-state index is 0.00883. The van der Waals surface area contributed by atoms with Crippen molar-refractivity contribution in [1.82, 2.24) is 10.6 Å². The van der Waals surface area contributed by atoms with E-state index in [0.717, 1.165) is 0 Å². The summed E-state index contributed by atoms with van der Waals surface area (Å²) in [5.41, 5.74) is -0.551. The van der Waals surface area contributed by atoms with Gasteiger partial charge in [0.1, 0.15) is 5.60 Å². The van der Waals surface area contributed by atoms with E-state index in [4.69, 9.17) is 4.74 Å². The Morgan fingerprint density at radius 2 is 1.63 bits per heavy atom. The van der Waals surface area contributed by atoms with Gasteiger partial charge < -0.3 is 15.4 Å². The molecule has 0 aromatic rings. The van der Waals surface area contributed by atoms with Gasteiger partial charge in [0.15, 0.2) is 0 Å². The smallest absolute Gasteiger partial charge is 0.306 e. The largest absolute Gasteiger partial charge is 0.460 e. The van der Waals surface area contributed by atoms with Crippen molar-refractivity contribution in [2.45, 2.75) is 59.1 Å². The average Bonchev–Trinajstić information content (AvgIpc) is 2.20. The van der Waals surface area contributed by atoms with E-state index < -0.39 is 11.6 Å². The van der Waals surface area contributed by atoms with Crippen molar-refractivity contribution in [2.24, 2.45) is 0 Å². The van der Waals surface area contributed by atoms with E-state index >= 15 is 0 Å². The fourth-order valence-electron chi connectivity index (χ4n) is 1.25. The zero-order valence-electron chi connectivity index (χ0n) is 12.3. The zero-order valence-corrected chi connectivity index (χ0v) is 12.3. The molecule has 0 atom stereocenters. The number of hydrogen-bond donors (Lipinski definition) is 2. The topological polar surface area (TPSA) is 84.5 Å². The maximum absolute atomic E-state index is 11.4. The standard InChI is InChI=1S/C13H24N2O4/c1-9(2)15-11(17)8-14-10(16)6-7-12(18)19-13(3,4)5/h9H,6-8H2,1-5H3,(H,14,16)(H,15,17). The van der Waals surface area contributed by atoms with Gasteiger partial charge in [-0.2, -0.15) is 0 Å². The summed E-state index contributed by atoms with van der Waals surface area (Å²) in [7, 11) is 0. The molecule has 6 nitrogen and oxygen atoms in total. The van der Waals surface area contributed by atoms with Crippen LogP contribution in [0.4, 0.5) is 0 Å². The third-order valence-electron chi connectivity index (χ3n) is 1.87. The molecule has 0 bridgehead atoms. The first-order chi connectivity index (χ1) is 8.60. The summed E-state index contributed by atoms with van der Waals surface area (Å²) in [5, 5.41) is 5.10. The first kappa shape index (κ1) is 17.4. The van der Waals surface area contributed by atoms with Crippen LogP contribution in [-0.2, 0) is 19.1 Å². The van der Waals surface area contributed by atoms with Crippen LogP contribution < -0.4 is 10.6 Å². The highest BCUT2D eigenvalue weighted by molar-refractivity contribution is 5.86. The lowest BCUT2D eigenvalue weighted by molar-refractivity contribution is -0.155. The predicted molar refractivity (Wildman–Crippen MR) is 71.4 cm³/mol. The third-order valence-corrected chi connectivity index (χ3v) is 1.87. The van der Waals surface area contributed by atoms with Crippen molar-refractivity contribution in [3.63, 3.8) is 0 Å². The molecule has 0 aliphatic carbocycles. The van der Waals surface area contributed by atoms with E-state index in [1.54, 1.807) is 20.8 Å². The van der Waals surface area contributed by atoms with Gasteiger partial charge in [0.2, 0.25) is 11.8 Å². The molecule has 0 saturated heterocycles. The summed E-state index contributed by atoms with van der Waals surface area (Å²) in [4.78, 5) is 34.0. The molecule has 19 heavy (non-hydrogen) atoms. The fourth-order valence-corrected chi connectivity index (χ4v) is 1.25. The summed E-state index contributed by atoms with van der Waals surface area (Å²) >= 11 is 0. The van der Waals surface area contributed by atoms with Crippen LogP contribution in [0, 0.1) is 0 Å².